The Labute approximate surface area is 172 Å². The van der Waals surface area contributed by atoms with Gasteiger partial charge in [-0.15, -0.1) is 5.10 Å². The summed E-state index contributed by atoms with van der Waals surface area (Å²) in [6, 6.07) is 13.4. The number of benzene rings is 2. The number of nitrogens with two attached hydrogens (primary N) is 1. The van der Waals surface area contributed by atoms with Crippen molar-refractivity contribution in [2.24, 2.45) is 5.10 Å². The van der Waals surface area contributed by atoms with Crippen LogP contribution in [0, 0.1) is 0 Å². The van der Waals surface area contributed by atoms with Gasteiger partial charge >= 0.3 is 0 Å². The van der Waals surface area contributed by atoms with E-state index >= 15 is 0 Å². The van der Waals surface area contributed by atoms with Crippen LogP contribution in [0.25, 0.3) is 0 Å². The quantitative estimate of drug-likeness (QED) is 0.344. The topological polar surface area (TPSA) is 161 Å². The molecule has 2 heterocycles. The van der Waals surface area contributed by atoms with Crippen LogP contribution in [0.3, 0.4) is 0 Å². The summed E-state index contributed by atoms with van der Waals surface area (Å²) in [5.74, 6) is -1.95. The van der Waals surface area contributed by atoms with E-state index in [0.29, 0.717) is 17.1 Å². The van der Waals surface area contributed by atoms with Crippen LogP contribution in [0.15, 0.2) is 53.6 Å². The maximum absolute atomic E-state index is 10.8. The molecule has 0 aromatic heterocycles. The molecule has 0 aliphatic carbocycles. The first-order chi connectivity index (χ1) is 14.3. The number of anilines is 2. The van der Waals surface area contributed by atoms with E-state index in [9.17, 15) is 25.5 Å². The molecule has 0 saturated carbocycles. The van der Waals surface area contributed by atoms with Crippen molar-refractivity contribution in [1.29, 1.82) is 0 Å². The Morgan fingerprint density at radius 3 is 2.33 bits per heavy atom. The summed E-state index contributed by atoms with van der Waals surface area (Å²) in [6.07, 6.45) is -6.31. The summed E-state index contributed by atoms with van der Waals surface area (Å²) in [7, 11) is 0. The zero-order valence-electron chi connectivity index (χ0n) is 15.9. The van der Waals surface area contributed by atoms with Gasteiger partial charge in [-0.05, 0) is 36.4 Å². The lowest BCUT2D eigenvalue weighted by molar-refractivity contribution is -0.357. The van der Waals surface area contributed by atoms with Gasteiger partial charge in [-0.25, -0.2) is 5.01 Å². The molecule has 0 bridgehead atoms. The van der Waals surface area contributed by atoms with Crippen molar-refractivity contribution >= 4 is 17.3 Å². The second-order valence-corrected chi connectivity index (χ2v) is 7.21. The monoisotopic (exact) mass is 417 g/mol. The molecule has 0 radical (unpaired) electrons. The van der Waals surface area contributed by atoms with Gasteiger partial charge in [0.1, 0.15) is 24.4 Å². The number of hydrogen-bond donors (Lipinski definition) is 6. The van der Waals surface area contributed by atoms with Gasteiger partial charge in [-0.3, -0.25) is 0 Å². The van der Waals surface area contributed by atoms with Crippen LogP contribution >= 0.6 is 0 Å². The van der Waals surface area contributed by atoms with Gasteiger partial charge < -0.3 is 40.7 Å². The van der Waals surface area contributed by atoms with E-state index in [2.05, 4.69) is 5.10 Å². The number of rotatable bonds is 4. The van der Waals surface area contributed by atoms with Crippen molar-refractivity contribution in [3.63, 3.8) is 0 Å². The smallest absolute Gasteiger partial charge is 0.240 e. The third-order valence-corrected chi connectivity index (χ3v) is 5.24. The van der Waals surface area contributed by atoms with E-state index in [1.54, 1.807) is 29.3 Å². The standard InChI is InChI=1S/C20H23N3O7/c21-13-5-7-14(8-6-13)23-10-29-19(22-23)11-1-3-12(4-2-11)20(28)18(27)17(26)16(25)15(9-24)30-20/h1-8,15-18,24-28H,9-10,21H2/t15-,16-,17-,18-,20-/m1/s1. The highest BCUT2D eigenvalue weighted by Crippen LogP contribution is 2.36. The summed E-state index contributed by atoms with van der Waals surface area (Å²) in [4.78, 5) is 0. The Balaban J connectivity index is 1.55. The Morgan fingerprint density at radius 2 is 1.70 bits per heavy atom. The maximum atomic E-state index is 10.8. The SMILES string of the molecule is Nc1ccc(N2COC(c3ccc([C@@]4(O)O[C@H](CO)[C@@H](O)[C@@H](O)[C@H]4O)cc3)=N2)cc1. The van der Waals surface area contributed by atoms with Gasteiger partial charge in [0.2, 0.25) is 11.7 Å². The number of nitrogens with zero attached hydrogens (tertiary/aromatic N) is 2. The molecule has 160 valence electrons. The molecule has 2 aliphatic rings. The van der Waals surface area contributed by atoms with Gasteiger partial charge in [0, 0.05) is 16.8 Å². The van der Waals surface area contributed by atoms with Gasteiger partial charge in [0.05, 0.1) is 12.3 Å². The van der Waals surface area contributed by atoms with E-state index in [0.717, 1.165) is 5.69 Å². The predicted octanol–water partition coefficient (Wildman–Crippen LogP) is -0.956. The van der Waals surface area contributed by atoms with Crippen LogP contribution in [0.1, 0.15) is 11.1 Å². The molecule has 2 aromatic rings. The van der Waals surface area contributed by atoms with Crippen LogP contribution in [0.2, 0.25) is 0 Å². The number of aliphatic hydroxyl groups is 5. The van der Waals surface area contributed by atoms with E-state index in [-0.39, 0.29) is 12.3 Å². The van der Waals surface area contributed by atoms with Crippen LogP contribution in [0.4, 0.5) is 11.4 Å². The Morgan fingerprint density at radius 1 is 1.03 bits per heavy atom. The highest BCUT2D eigenvalue weighted by molar-refractivity contribution is 5.95. The molecule has 2 aliphatic heterocycles. The van der Waals surface area contributed by atoms with Crippen LogP contribution in [-0.4, -0.2) is 69.2 Å². The molecule has 10 nitrogen and oxygen atoms in total. The van der Waals surface area contributed by atoms with Crippen molar-refractivity contribution in [1.82, 2.24) is 0 Å². The maximum Gasteiger partial charge on any atom is 0.240 e. The minimum absolute atomic E-state index is 0.136. The molecule has 30 heavy (non-hydrogen) atoms. The normalized spacial score (nSPS) is 31.4. The van der Waals surface area contributed by atoms with E-state index in [1.807, 2.05) is 12.1 Å². The molecular formula is C20H23N3O7. The molecule has 0 spiro atoms. The highest BCUT2D eigenvalue weighted by atomic mass is 16.7. The number of hydrogen-bond acceptors (Lipinski definition) is 10. The van der Waals surface area contributed by atoms with Crippen molar-refractivity contribution in [3.8, 4) is 0 Å². The lowest BCUT2D eigenvalue weighted by Gasteiger charge is -2.45. The summed E-state index contributed by atoms with van der Waals surface area (Å²) < 4.78 is 10.9. The van der Waals surface area contributed by atoms with Crippen molar-refractivity contribution in [2.45, 2.75) is 30.2 Å². The fourth-order valence-electron chi connectivity index (χ4n) is 3.45. The fourth-order valence-corrected chi connectivity index (χ4v) is 3.45. The fraction of sp³-hybridized carbons (Fsp3) is 0.350. The molecule has 0 unspecified atom stereocenters. The average Bonchev–Trinajstić information content (AvgIpc) is 3.26. The molecule has 7 N–H and O–H groups in total. The van der Waals surface area contributed by atoms with E-state index in [4.69, 9.17) is 15.2 Å². The first-order valence-corrected chi connectivity index (χ1v) is 9.34. The Bertz CT molecular complexity index is 919. The largest absolute Gasteiger partial charge is 0.453 e. The zero-order valence-corrected chi connectivity index (χ0v) is 15.9. The highest BCUT2D eigenvalue weighted by Gasteiger charge is 2.53. The van der Waals surface area contributed by atoms with Crippen molar-refractivity contribution in [3.05, 3.63) is 59.7 Å². The zero-order chi connectivity index (χ0) is 21.5. The third-order valence-electron chi connectivity index (χ3n) is 5.24. The summed E-state index contributed by atoms with van der Waals surface area (Å²) in [6.45, 7) is -0.425. The van der Waals surface area contributed by atoms with Crippen molar-refractivity contribution in [2.75, 3.05) is 24.1 Å². The summed E-state index contributed by atoms with van der Waals surface area (Å²) >= 11 is 0. The van der Waals surface area contributed by atoms with Gasteiger partial charge in [0.15, 0.2) is 6.73 Å². The van der Waals surface area contributed by atoms with Crippen LogP contribution in [0.5, 0.6) is 0 Å². The molecule has 5 atom stereocenters. The summed E-state index contributed by atoms with van der Waals surface area (Å²) in [5, 5.41) is 56.4. The summed E-state index contributed by atoms with van der Waals surface area (Å²) in [5.41, 5.74) is 7.90. The van der Waals surface area contributed by atoms with Crippen LogP contribution < -0.4 is 10.7 Å². The average molecular weight is 417 g/mol. The first kappa shape index (κ1) is 20.5. The third kappa shape index (κ3) is 3.49. The molecule has 1 fully saturated rings. The molecule has 2 aromatic carbocycles. The van der Waals surface area contributed by atoms with Gasteiger partial charge in [-0.1, -0.05) is 12.1 Å². The van der Waals surface area contributed by atoms with Crippen molar-refractivity contribution < 1.29 is 35.0 Å². The molecule has 0 amide bonds. The Hall–Kier alpha value is -2.73. The lowest BCUT2D eigenvalue weighted by Crippen LogP contribution is -2.63. The second-order valence-electron chi connectivity index (χ2n) is 7.21. The minimum atomic E-state index is -2.31. The number of hydrazone groups is 1. The first-order valence-electron chi connectivity index (χ1n) is 9.34. The molecule has 4 rings (SSSR count). The van der Waals surface area contributed by atoms with E-state index < -0.39 is 36.8 Å². The number of aliphatic hydroxyl groups excluding tert-OH is 4. The minimum Gasteiger partial charge on any atom is -0.453 e. The second kappa shape index (κ2) is 7.84. The van der Waals surface area contributed by atoms with Gasteiger partial charge in [0.25, 0.3) is 0 Å². The number of ether oxygens (including phenoxy) is 2. The van der Waals surface area contributed by atoms with E-state index in [1.165, 1.54) is 12.1 Å². The van der Waals surface area contributed by atoms with Crippen LogP contribution in [-0.2, 0) is 15.3 Å². The Kier molecular flexibility index (Phi) is 5.36. The lowest BCUT2D eigenvalue weighted by atomic mass is 9.88. The molecule has 1 saturated heterocycles. The van der Waals surface area contributed by atoms with Gasteiger partial charge in [-0.2, -0.15) is 0 Å². The molecule has 10 heteroatoms. The molecular weight excluding hydrogens is 394 g/mol. The number of nitrogen functional groups attached to an aromatic ring is 1. The predicted molar refractivity (Wildman–Crippen MR) is 106 cm³/mol.